The van der Waals surface area contributed by atoms with E-state index in [1.165, 1.54) is 0 Å². The first-order valence-electron chi connectivity index (χ1n) is 7.14. The molecule has 2 N–H and O–H groups in total. The Morgan fingerprint density at radius 2 is 2.33 bits per heavy atom. The summed E-state index contributed by atoms with van der Waals surface area (Å²) in [5.74, 6) is 1.22. The second-order valence-corrected chi connectivity index (χ2v) is 4.78. The zero-order chi connectivity index (χ0) is 15.1. The monoisotopic (exact) mass is 294 g/mol. The standard InChI is InChI=1S/C15H22N2O4/c1-3-21-14-8-11(4-5-13(14)19-2)17-15(18)9-12-10-20-7-6-16-12/h4-5,8,12,16H,3,6-7,9-10H2,1-2H3,(H,17,18). The number of hydrogen-bond acceptors (Lipinski definition) is 5. The Morgan fingerprint density at radius 1 is 1.48 bits per heavy atom. The highest BCUT2D eigenvalue weighted by atomic mass is 16.5. The zero-order valence-electron chi connectivity index (χ0n) is 12.5. The number of anilines is 1. The van der Waals surface area contributed by atoms with Gasteiger partial charge in [-0.05, 0) is 19.1 Å². The van der Waals surface area contributed by atoms with Gasteiger partial charge in [-0.3, -0.25) is 4.79 Å². The molecule has 1 saturated heterocycles. The summed E-state index contributed by atoms with van der Waals surface area (Å²) >= 11 is 0. The number of carbonyl (C=O) groups excluding carboxylic acids is 1. The van der Waals surface area contributed by atoms with Crippen molar-refractivity contribution < 1.29 is 19.0 Å². The molecular weight excluding hydrogens is 272 g/mol. The lowest BCUT2D eigenvalue weighted by atomic mass is 10.2. The lowest BCUT2D eigenvalue weighted by Gasteiger charge is -2.23. The summed E-state index contributed by atoms with van der Waals surface area (Å²) in [5.41, 5.74) is 0.695. The van der Waals surface area contributed by atoms with Crippen molar-refractivity contribution >= 4 is 11.6 Å². The molecule has 1 heterocycles. The third kappa shape index (κ3) is 4.61. The van der Waals surface area contributed by atoms with Crippen molar-refractivity contribution in [3.8, 4) is 11.5 Å². The number of morpholine rings is 1. The van der Waals surface area contributed by atoms with Crippen LogP contribution in [-0.4, -0.2) is 45.4 Å². The highest BCUT2D eigenvalue weighted by Gasteiger charge is 2.17. The lowest BCUT2D eigenvalue weighted by Crippen LogP contribution is -2.43. The third-order valence-corrected chi connectivity index (χ3v) is 3.18. The van der Waals surface area contributed by atoms with Gasteiger partial charge in [-0.25, -0.2) is 0 Å². The van der Waals surface area contributed by atoms with Crippen LogP contribution in [0.15, 0.2) is 18.2 Å². The fraction of sp³-hybridized carbons (Fsp3) is 0.533. The van der Waals surface area contributed by atoms with E-state index >= 15 is 0 Å². The van der Waals surface area contributed by atoms with Crippen molar-refractivity contribution in [2.75, 3.05) is 38.8 Å². The molecule has 1 unspecified atom stereocenters. The predicted molar refractivity (Wildman–Crippen MR) is 80.0 cm³/mol. The fourth-order valence-corrected chi connectivity index (χ4v) is 2.21. The average Bonchev–Trinajstić information content (AvgIpc) is 2.49. The van der Waals surface area contributed by atoms with Gasteiger partial charge in [-0.15, -0.1) is 0 Å². The Kier molecular flexibility index (Phi) is 5.83. The number of carbonyl (C=O) groups is 1. The molecule has 1 aromatic carbocycles. The molecule has 6 nitrogen and oxygen atoms in total. The predicted octanol–water partition coefficient (Wildman–Crippen LogP) is 1.41. The summed E-state index contributed by atoms with van der Waals surface area (Å²) in [6.45, 7) is 4.50. The van der Waals surface area contributed by atoms with Gasteiger partial charge in [0.15, 0.2) is 11.5 Å². The Bertz CT molecular complexity index is 473. The Balaban J connectivity index is 1.94. The van der Waals surface area contributed by atoms with Crippen LogP contribution in [0.4, 0.5) is 5.69 Å². The van der Waals surface area contributed by atoms with E-state index in [-0.39, 0.29) is 11.9 Å². The van der Waals surface area contributed by atoms with Crippen LogP contribution >= 0.6 is 0 Å². The second kappa shape index (κ2) is 7.85. The van der Waals surface area contributed by atoms with Crippen molar-refractivity contribution in [3.63, 3.8) is 0 Å². The molecule has 1 aliphatic heterocycles. The highest BCUT2D eigenvalue weighted by molar-refractivity contribution is 5.91. The van der Waals surface area contributed by atoms with Crippen LogP contribution in [0.3, 0.4) is 0 Å². The Hall–Kier alpha value is -1.79. The average molecular weight is 294 g/mol. The topological polar surface area (TPSA) is 68.8 Å². The first kappa shape index (κ1) is 15.6. The molecule has 0 bridgehead atoms. The summed E-state index contributed by atoms with van der Waals surface area (Å²) in [6, 6.07) is 5.42. The van der Waals surface area contributed by atoms with E-state index in [2.05, 4.69) is 10.6 Å². The molecule has 6 heteroatoms. The van der Waals surface area contributed by atoms with Crippen molar-refractivity contribution in [1.29, 1.82) is 0 Å². The Labute approximate surface area is 124 Å². The minimum Gasteiger partial charge on any atom is -0.493 e. The van der Waals surface area contributed by atoms with Gasteiger partial charge in [0.25, 0.3) is 0 Å². The molecule has 0 radical (unpaired) electrons. The molecule has 1 fully saturated rings. The molecule has 1 aliphatic rings. The number of rotatable bonds is 6. The van der Waals surface area contributed by atoms with Crippen LogP contribution < -0.4 is 20.1 Å². The van der Waals surface area contributed by atoms with Gasteiger partial charge < -0.3 is 24.8 Å². The molecule has 1 aromatic rings. The Morgan fingerprint density at radius 3 is 3.00 bits per heavy atom. The molecule has 0 aromatic heterocycles. The van der Waals surface area contributed by atoms with Gasteiger partial charge in [0.1, 0.15) is 0 Å². The van der Waals surface area contributed by atoms with Crippen LogP contribution in [0.5, 0.6) is 11.5 Å². The maximum absolute atomic E-state index is 12.0. The first-order valence-corrected chi connectivity index (χ1v) is 7.14. The smallest absolute Gasteiger partial charge is 0.226 e. The van der Waals surface area contributed by atoms with Crippen molar-refractivity contribution in [2.24, 2.45) is 0 Å². The van der Waals surface area contributed by atoms with E-state index in [0.717, 1.165) is 6.54 Å². The molecule has 21 heavy (non-hydrogen) atoms. The second-order valence-electron chi connectivity index (χ2n) is 4.78. The molecule has 2 rings (SSSR count). The molecule has 1 atom stereocenters. The molecule has 0 saturated carbocycles. The SMILES string of the molecule is CCOc1cc(NC(=O)CC2COCCN2)ccc1OC. The van der Waals surface area contributed by atoms with E-state index in [0.29, 0.717) is 43.4 Å². The molecular formula is C15H22N2O4. The van der Waals surface area contributed by atoms with Crippen LogP contribution in [0, 0.1) is 0 Å². The third-order valence-electron chi connectivity index (χ3n) is 3.18. The van der Waals surface area contributed by atoms with Crippen molar-refractivity contribution in [3.05, 3.63) is 18.2 Å². The van der Waals surface area contributed by atoms with Gasteiger partial charge in [0.2, 0.25) is 5.91 Å². The van der Waals surface area contributed by atoms with Crippen LogP contribution in [0.2, 0.25) is 0 Å². The first-order chi connectivity index (χ1) is 10.2. The van der Waals surface area contributed by atoms with Gasteiger partial charge in [0.05, 0.1) is 26.9 Å². The van der Waals surface area contributed by atoms with Crippen LogP contribution in [0.25, 0.3) is 0 Å². The van der Waals surface area contributed by atoms with E-state index < -0.39 is 0 Å². The number of ether oxygens (including phenoxy) is 3. The lowest BCUT2D eigenvalue weighted by molar-refractivity contribution is -0.117. The summed E-state index contributed by atoms with van der Waals surface area (Å²) in [5, 5.41) is 6.12. The summed E-state index contributed by atoms with van der Waals surface area (Å²) < 4.78 is 16.0. The number of hydrogen-bond donors (Lipinski definition) is 2. The maximum Gasteiger partial charge on any atom is 0.226 e. The quantitative estimate of drug-likeness (QED) is 0.830. The number of methoxy groups -OCH3 is 1. The highest BCUT2D eigenvalue weighted by Crippen LogP contribution is 2.30. The van der Waals surface area contributed by atoms with E-state index in [9.17, 15) is 4.79 Å². The maximum atomic E-state index is 12.0. The molecule has 1 amide bonds. The van der Waals surface area contributed by atoms with E-state index in [4.69, 9.17) is 14.2 Å². The number of benzene rings is 1. The van der Waals surface area contributed by atoms with E-state index in [1.807, 2.05) is 6.92 Å². The van der Waals surface area contributed by atoms with Crippen LogP contribution in [0.1, 0.15) is 13.3 Å². The van der Waals surface area contributed by atoms with Crippen molar-refractivity contribution in [1.82, 2.24) is 5.32 Å². The normalized spacial score (nSPS) is 18.1. The fourth-order valence-electron chi connectivity index (χ4n) is 2.21. The van der Waals surface area contributed by atoms with Gasteiger partial charge in [-0.2, -0.15) is 0 Å². The number of nitrogens with one attached hydrogen (secondary N) is 2. The number of amides is 1. The van der Waals surface area contributed by atoms with Crippen LogP contribution in [-0.2, 0) is 9.53 Å². The minimum absolute atomic E-state index is 0.0504. The molecule has 0 aliphatic carbocycles. The molecule has 0 spiro atoms. The summed E-state index contributed by atoms with van der Waals surface area (Å²) in [7, 11) is 1.59. The zero-order valence-corrected chi connectivity index (χ0v) is 12.5. The van der Waals surface area contributed by atoms with Gasteiger partial charge in [0, 0.05) is 30.8 Å². The summed E-state index contributed by atoms with van der Waals surface area (Å²) in [6.07, 6.45) is 0.385. The van der Waals surface area contributed by atoms with Gasteiger partial charge >= 0.3 is 0 Å². The van der Waals surface area contributed by atoms with Crippen molar-refractivity contribution in [2.45, 2.75) is 19.4 Å². The molecule has 116 valence electrons. The van der Waals surface area contributed by atoms with Gasteiger partial charge in [-0.1, -0.05) is 0 Å². The minimum atomic E-state index is -0.0504. The van der Waals surface area contributed by atoms with E-state index in [1.54, 1.807) is 25.3 Å². The largest absolute Gasteiger partial charge is 0.493 e. The summed E-state index contributed by atoms with van der Waals surface area (Å²) in [4.78, 5) is 12.0.